The molecule has 2 nitrogen and oxygen atoms in total. The minimum atomic E-state index is 0.808. The molecule has 0 aromatic carbocycles. The van der Waals surface area contributed by atoms with E-state index in [1.165, 1.54) is 6.42 Å². The maximum absolute atomic E-state index is 5.30. The van der Waals surface area contributed by atoms with Crippen molar-refractivity contribution in [3.8, 4) is 0 Å². The topological polar surface area (TPSA) is 38.0 Å². The summed E-state index contributed by atoms with van der Waals surface area (Å²) in [5, 5.41) is 3.24. The highest BCUT2D eigenvalue weighted by atomic mass is 32.1. The third-order valence-electron chi connectivity index (χ3n) is 1.10. The average Bonchev–Trinajstić information content (AvgIpc) is 1.89. The van der Waals surface area contributed by atoms with Gasteiger partial charge in [0.15, 0.2) is 0 Å². The van der Waals surface area contributed by atoms with E-state index in [-0.39, 0.29) is 0 Å². The summed E-state index contributed by atoms with van der Waals surface area (Å²) < 4.78 is 0. The molecule has 0 rings (SSSR count). The summed E-state index contributed by atoms with van der Waals surface area (Å²) in [6.07, 6.45) is 2.31. The maximum atomic E-state index is 5.30. The van der Waals surface area contributed by atoms with Gasteiger partial charge in [0.25, 0.3) is 0 Å². The molecule has 0 aliphatic carbocycles. The van der Waals surface area contributed by atoms with Gasteiger partial charge in [-0.3, -0.25) is 0 Å². The molecule has 0 spiro atoms. The van der Waals surface area contributed by atoms with E-state index in [1.54, 1.807) is 0 Å². The fourth-order valence-corrected chi connectivity index (χ4v) is 0.757. The zero-order chi connectivity index (χ0) is 6.95. The van der Waals surface area contributed by atoms with Gasteiger partial charge in [0.1, 0.15) is 0 Å². The van der Waals surface area contributed by atoms with Gasteiger partial charge in [-0.1, -0.05) is 0 Å². The molecule has 0 atom stereocenters. The summed E-state index contributed by atoms with van der Waals surface area (Å²) >= 11 is 4.06. The van der Waals surface area contributed by atoms with E-state index in [9.17, 15) is 0 Å². The Morgan fingerprint density at radius 2 is 2.00 bits per heavy atom. The normalized spacial score (nSPS) is 10.0. The SMILES string of the molecule is NCCCCNCCS. The lowest BCUT2D eigenvalue weighted by molar-refractivity contribution is 0.649. The zero-order valence-electron chi connectivity index (χ0n) is 5.77. The van der Waals surface area contributed by atoms with Gasteiger partial charge in [0, 0.05) is 12.3 Å². The average molecular weight is 148 g/mol. The van der Waals surface area contributed by atoms with E-state index in [0.717, 1.165) is 31.8 Å². The van der Waals surface area contributed by atoms with Crippen molar-refractivity contribution in [2.75, 3.05) is 25.4 Å². The summed E-state index contributed by atoms with van der Waals surface area (Å²) in [6.45, 7) is 2.90. The van der Waals surface area contributed by atoms with E-state index < -0.39 is 0 Å². The van der Waals surface area contributed by atoms with Crippen LogP contribution in [0.15, 0.2) is 0 Å². The van der Waals surface area contributed by atoms with Crippen molar-refractivity contribution < 1.29 is 0 Å². The molecule has 0 aromatic heterocycles. The first-order valence-electron chi connectivity index (χ1n) is 3.43. The predicted octanol–water partition coefficient (Wildman–Crippen LogP) is 0.245. The smallest absolute Gasteiger partial charge is 0.00397 e. The molecule has 0 saturated heterocycles. The highest BCUT2D eigenvalue weighted by Gasteiger charge is 1.83. The summed E-state index contributed by atoms with van der Waals surface area (Å²) in [5.74, 6) is 0.919. The van der Waals surface area contributed by atoms with Crippen LogP contribution in [0.25, 0.3) is 0 Å². The van der Waals surface area contributed by atoms with Crippen molar-refractivity contribution in [1.82, 2.24) is 5.32 Å². The molecule has 0 radical (unpaired) electrons. The number of thiol groups is 1. The molecule has 0 aliphatic heterocycles. The van der Waals surface area contributed by atoms with E-state index in [4.69, 9.17) is 5.73 Å². The lowest BCUT2D eigenvalue weighted by atomic mass is 10.3. The van der Waals surface area contributed by atoms with Crippen molar-refractivity contribution in [2.24, 2.45) is 5.73 Å². The molecule has 0 unspecified atom stereocenters. The monoisotopic (exact) mass is 148 g/mol. The number of unbranched alkanes of at least 4 members (excludes halogenated alkanes) is 1. The van der Waals surface area contributed by atoms with Gasteiger partial charge in [-0.2, -0.15) is 12.6 Å². The van der Waals surface area contributed by atoms with Crippen molar-refractivity contribution in [2.45, 2.75) is 12.8 Å². The molecular formula is C6H16N2S. The first-order chi connectivity index (χ1) is 4.41. The Hall–Kier alpha value is 0.270. The summed E-state index contributed by atoms with van der Waals surface area (Å²) in [4.78, 5) is 0. The third-order valence-corrected chi connectivity index (χ3v) is 1.32. The molecule has 0 aliphatic rings. The Morgan fingerprint density at radius 1 is 1.22 bits per heavy atom. The Bertz CT molecular complexity index is 44.3. The van der Waals surface area contributed by atoms with Crippen molar-refractivity contribution in [3.63, 3.8) is 0 Å². The van der Waals surface area contributed by atoms with E-state index in [1.807, 2.05) is 0 Å². The van der Waals surface area contributed by atoms with Crippen LogP contribution in [-0.2, 0) is 0 Å². The van der Waals surface area contributed by atoms with Crippen LogP contribution < -0.4 is 11.1 Å². The van der Waals surface area contributed by atoms with Crippen LogP contribution in [0.4, 0.5) is 0 Å². The summed E-state index contributed by atoms with van der Waals surface area (Å²) in [5.41, 5.74) is 5.30. The van der Waals surface area contributed by atoms with Crippen molar-refractivity contribution in [1.29, 1.82) is 0 Å². The zero-order valence-corrected chi connectivity index (χ0v) is 6.66. The highest BCUT2D eigenvalue weighted by molar-refractivity contribution is 7.80. The van der Waals surface area contributed by atoms with Crippen LogP contribution in [-0.4, -0.2) is 25.4 Å². The van der Waals surface area contributed by atoms with Gasteiger partial charge in [-0.25, -0.2) is 0 Å². The minimum Gasteiger partial charge on any atom is -0.330 e. The molecule has 0 saturated carbocycles. The Morgan fingerprint density at radius 3 is 2.56 bits per heavy atom. The Kier molecular flexibility index (Phi) is 8.52. The molecule has 3 heteroatoms. The van der Waals surface area contributed by atoms with E-state index >= 15 is 0 Å². The Balaban J connectivity index is 2.60. The van der Waals surface area contributed by atoms with Crippen LogP contribution in [0.2, 0.25) is 0 Å². The molecular weight excluding hydrogens is 132 g/mol. The standard InChI is InChI=1S/C6H16N2S/c7-3-1-2-4-8-5-6-9/h8-9H,1-7H2. The van der Waals surface area contributed by atoms with Crippen LogP contribution >= 0.6 is 12.6 Å². The molecule has 0 heterocycles. The van der Waals surface area contributed by atoms with Crippen molar-refractivity contribution in [3.05, 3.63) is 0 Å². The number of nitrogens with two attached hydrogens (primary N) is 1. The van der Waals surface area contributed by atoms with Crippen LogP contribution in [0, 0.1) is 0 Å². The van der Waals surface area contributed by atoms with Gasteiger partial charge in [0.2, 0.25) is 0 Å². The quantitative estimate of drug-likeness (QED) is 0.373. The van der Waals surface area contributed by atoms with Crippen LogP contribution in [0.3, 0.4) is 0 Å². The molecule has 0 aromatic rings. The van der Waals surface area contributed by atoms with Gasteiger partial charge in [0.05, 0.1) is 0 Å². The highest BCUT2D eigenvalue weighted by Crippen LogP contribution is 1.81. The van der Waals surface area contributed by atoms with Crippen LogP contribution in [0.1, 0.15) is 12.8 Å². The van der Waals surface area contributed by atoms with Crippen molar-refractivity contribution >= 4 is 12.6 Å². The largest absolute Gasteiger partial charge is 0.330 e. The minimum absolute atomic E-state index is 0.808. The van der Waals surface area contributed by atoms with Gasteiger partial charge >= 0.3 is 0 Å². The first kappa shape index (κ1) is 9.27. The maximum Gasteiger partial charge on any atom is 0.00397 e. The fourth-order valence-electron chi connectivity index (χ4n) is 0.598. The second-order valence-corrected chi connectivity index (χ2v) is 2.42. The second-order valence-electron chi connectivity index (χ2n) is 1.97. The van der Waals surface area contributed by atoms with Gasteiger partial charge < -0.3 is 11.1 Å². The summed E-state index contributed by atoms with van der Waals surface area (Å²) in [7, 11) is 0. The number of hydrogen-bond donors (Lipinski definition) is 3. The van der Waals surface area contributed by atoms with E-state index in [0.29, 0.717) is 0 Å². The lowest BCUT2D eigenvalue weighted by Gasteiger charge is -1.99. The lowest BCUT2D eigenvalue weighted by Crippen LogP contribution is -2.18. The first-order valence-corrected chi connectivity index (χ1v) is 4.06. The van der Waals surface area contributed by atoms with E-state index in [2.05, 4.69) is 17.9 Å². The molecule has 0 amide bonds. The number of hydrogen-bond acceptors (Lipinski definition) is 3. The van der Waals surface area contributed by atoms with Gasteiger partial charge in [-0.15, -0.1) is 0 Å². The summed E-state index contributed by atoms with van der Waals surface area (Å²) in [6, 6.07) is 0. The predicted molar refractivity (Wildman–Crippen MR) is 45.0 cm³/mol. The third kappa shape index (κ3) is 8.27. The molecule has 0 fully saturated rings. The fraction of sp³-hybridized carbons (Fsp3) is 1.00. The number of nitrogens with one attached hydrogen (secondary N) is 1. The van der Waals surface area contributed by atoms with Gasteiger partial charge in [-0.05, 0) is 25.9 Å². The molecule has 9 heavy (non-hydrogen) atoms. The Labute approximate surface area is 62.6 Å². The molecule has 56 valence electrons. The number of rotatable bonds is 6. The molecule has 3 N–H and O–H groups in total. The van der Waals surface area contributed by atoms with Crippen LogP contribution in [0.5, 0.6) is 0 Å². The second kappa shape index (κ2) is 8.27. The molecule has 0 bridgehead atoms.